The molecule has 0 unspecified atom stereocenters. The summed E-state index contributed by atoms with van der Waals surface area (Å²) < 4.78 is 5.39. The first-order valence-electron chi connectivity index (χ1n) is 7.09. The van der Waals surface area contributed by atoms with Crippen LogP contribution in [0.2, 0.25) is 0 Å². The number of carbonyl (C=O) groups is 1. The number of hydrogen-bond acceptors (Lipinski definition) is 3. The molecule has 1 aliphatic carbocycles. The number of aromatic amines is 1. The van der Waals surface area contributed by atoms with Crippen LogP contribution in [0.1, 0.15) is 49.6 Å². The van der Waals surface area contributed by atoms with Gasteiger partial charge >= 0.3 is 6.09 Å². The largest absolute Gasteiger partial charge is 0.444 e. The quantitative estimate of drug-likeness (QED) is 0.789. The van der Waals surface area contributed by atoms with E-state index in [-0.39, 0.29) is 11.7 Å². The maximum Gasteiger partial charge on any atom is 0.410 e. The molecule has 0 radical (unpaired) electrons. The summed E-state index contributed by atoms with van der Waals surface area (Å²) in [6, 6.07) is 0. The number of aromatic nitrogens is 1. The van der Waals surface area contributed by atoms with E-state index in [1.165, 1.54) is 5.56 Å². The van der Waals surface area contributed by atoms with E-state index in [1.54, 1.807) is 4.90 Å². The van der Waals surface area contributed by atoms with E-state index in [0.29, 0.717) is 13.1 Å². The molecule has 0 bridgehead atoms. The fourth-order valence-corrected chi connectivity index (χ4v) is 3.00. The first kappa shape index (κ1) is 13.2. The van der Waals surface area contributed by atoms with Crippen molar-refractivity contribution in [2.45, 2.75) is 58.7 Å². The maximum atomic E-state index is 12.1. The molecule has 1 amide bonds. The third-order valence-electron chi connectivity index (χ3n) is 3.83. The molecule has 1 aromatic rings. The maximum absolute atomic E-state index is 12.1. The number of H-pyrrole nitrogens is 1. The average Bonchev–Trinajstić information content (AvgIpc) is 2.90. The van der Waals surface area contributed by atoms with Crippen molar-refractivity contribution in [3.8, 4) is 0 Å². The van der Waals surface area contributed by atoms with Crippen LogP contribution in [-0.2, 0) is 30.7 Å². The van der Waals surface area contributed by atoms with Crippen molar-refractivity contribution in [3.05, 3.63) is 32.7 Å². The van der Waals surface area contributed by atoms with Crippen LogP contribution < -0.4 is 5.56 Å². The minimum Gasteiger partial charge on any atom is -0.444 e. The summed E-state index contributed by atoms with van der Waals surface area (Å²) in [5, 5.41) is 0. The molecular formula is C15H20N2O3. The highest BCUT2D eigenvalue weighted by molar-refractivity contribution is 5.69. The summed E-state index contributed by atoms with van der Waals surface area (Å²) in [7, 11) is 0. The normalized spacial score (nSPS) is 17.1. The molecule has 2 aliphatic rings. The van der Waals surface area contributed by atoms with Crippen LogP contribution in [-0.4, -0.2) is 21.6 Å². The van der Waals surface area contributed by atoms with Crippen molar-refractivity contribution >= 4 is 6.09 Å². The Hall–Kier alpha value is -1.78. The van der Waals surface area contributed by atoms with Crippen LogP contribution >= 0.6 is 0 Å². The molecule has 5 nitrogen and oxygen atoms in total. The van der Waals surface area contributed by atoms with Gasteiger partial charge in [-0.15, -0.1) is 0 Å². The van der Waals surface area contributed by atoms with E-state index in [2.05, 4.69) is 4.98 Å². The second kappa shape index (κ2) is 4.36. The molecular weight excluding hydrogens is 256 g/mol. The number of nitrogens with one attached hydrogen (secondary N) is 1. The van der Waals surface area contributed by atoms with Gasteiger partial charge in [0.2, 0.25) is 0 Å². The molecule has 108 valence electrons. The number of pyridine rings is 1. The van der Waals surface area contributed by atoms with E-state index >= 15 is 0 Å². The van der Waals surface area contributed by atoms with E-state index < -0.39 is 5.60 Å². The molecule has 0 fully saturated rings. The van der Waals surface area contributed by atoms with E-state index in [0.717, 1.165) is 36.1 Å². The van der Waals surface area contributed by atoms with Crippen molar-refractivity contribution in [2.24, 2.45) is 0 Å². The molecule has 0 saturated carbocycles. The first-order valence-corrected chi connectivity index (χ1v) is 7.09. The summed E-state index contributed by atoms with van der Waals surface area (Å²) in [4.78, 5) is 28.8. The number of rotatable bonds is 0. The number of nitrogens with zero attached hydrogens (tertiary/aromatic N) is 1. The number of hydrogen-bond donors (Lipinski definition) is 1. The van der Waals surface area contributed by atoms with Crippen LogP contribution in [0.5, 0.6) is 0 Å². The van der Waals surface area contributed by atoms with Gasteiger partial charge in [0.05, 0.1) is 13.1 Å². The van der Waals surface area contributed by atoms with Crippen molar-refractivity contribution in [2.75, 3.05) is 0 Å². The van der Waals surface area contributed by atoms with Crippen molar-refractivity contribution in [1.29, 1.82) is 0 Å². The summed E-state index contributed by atoms with van der Waals surface area (Å²) in [6.45, 7) is 6.39. The molecule has 1 aromatic heterocycles. The predicted molar refractivity (Wildman–Crippen MR) is 74.6 cm³/mol. The lowest BCUT2D eigenvalue weighted by molar-refractivity contribution is 0.0241. The molecule has 0 aromatic carbocycles. The van der Waals surface area contributed by atoms with Crippen LogP contribution in [0.4, 0.5) is 4.79 Å². The van der Waals surface area contributed by atoms with Gasteiger partial charge in [-0.25, -0.2) is 4.79 Å². The Bertz CT molecular complexity index is 625. The highest BCUT2D eigenvalue weighted by Crippen LogP contribution is 2.30. The van der Waals surface area contributed by atoms with Gasteiger partial charge in [-0.1, -0.05) is 0 Å². The third kappa shape index (κ3) is 2.21. The van der Waals surface area contributed by atoms with E-state index in [9.17, 15) is 9.59 Å². The number of fused-ring (bicyclic) bond motifs is 3. The molecule has 3 rings (SSSR count). The lowest BCUT2D eigenvalue weighted by atomic mass is 10.0. The monoisotopic (exact) mass is 276 g/mol. The Morgan fingerprint density at radius 1 is 1.15 bits per heavy atom. The van der Waals surface area contributed by atoms with Crippen LogP contribution in [0, 0.1) is 0 Å². The highest BCUT2D eigenvalue weighted by atomic mass is 16.6. The lowest BCUT2D eigenvalue weighted by Crippen LogP contribution is -2.33. The number of amides is 1. The predicted octanol–water partition coefficient (Wildman–Crippen LogP) is 2.11. The molecule has 0 saturated heterocycles. The smallest absolute Gasteiger partial charge is 0.410 e. The molecule has 1 aliphatic heterocycles. The van der Waals surface area contributed by atoms with Crippen LogP contribution in [0.15, 0.2) is 4.79 Å². The fourth-order valence-electron chi connectivity index (χ4n) is 3.00. The average molecular weight is 276 g/mol. The summed E-state index contributed by atoms with van der Waals surface area (Å²) in [5.74, 6) is 0. The minimum atomic E-state index is -0.514. The number of ether oxygens (including phenoxy) is 1. The molecule has 0 spiro atoms. The van der Waals surface area contributed by atoms with Gasteiger partial charge in [-0.05, 0) is 51.2 Å². The Morgan fingerprint density at radius 2 is 1.85 bits per heavy atom. The molecule has 2 heterocycles. The topological polar surface area (TPSA) is 62.4 Å². The zero-order valence-corrected chi connectivity index (χ0v) is 12.2. The SMILES string of the molecule is CC(C)(C)OC(=O)N1Cc2c3c([nH]c(=O)c2C1)CCC3. The van der Waals surface area contributed by atoms with Gasteiger partial charge in [-0.2, -0.15) is 0 Å². The van der Waals surface area contributed by atoms with Crippen LogP contribution in [0.25, 0.3) is 0 Å². The summed E-state index contributed by atoms with van der Waals surface area (Å²) in [6.07, 6.45) is 2.66. The zero-order chi connectivity index (χ0) is 14.5. The molecule has 20 heavy (non-hydrogen) atoms. The Morgan fingerprint density at radius 3 is 2.55 bits per heavy atom. The number of aryl methyl sites for hydroxylation is 1. The van der Waals surface area contributed by atoms with Crippen molar-refractivity contribution < 1.29 is 9.53 Å². The van der Waals surface area contributed by atoms with Crippen molar-refractivity contribution in [1.82, 2.24) is 9.88 Å². The summed E-state index contributed by atoms with van der Waals surface area (Å²) >= 11 is 0. The Kier molecular flexibility index (Phi) is 2.88. The lowest BCUT2D eigenvalue weighted by Gasteiger charge is -2.24. The molecule has 0 atom stereocenters. The van der Waals surface area contributed by atoms with Crippen LogP contribution in [0.3, 0.4) is 0 Å². The Balaban J connectivity index is 1.88. The van der Waals surface area contributed by atoms with Gasteiger partial charge in [0.25, 0.3) is 5.56 Å². The fraction of sp³-hybridized carbons (Fsp3) is 0.600. The van der Waals surface area contributed by atoms with Gasteiger partial charge in [0.15, 0.2) is 0 Å². The van der Waals surface area contributed by atoms with Gasteiger partial charge in [0.1, 0.15) is 5.60 Å². The van der Waals surface area contributed by atoms with Gasteiger partial charge in [-0.3, -0.25) is 9.69 Å². The highest BCUT2D eigenvalue weighted by Gasteiger charge is 2.32. The van der Waals surface area contributed by atoms with Gasteiger partial charge in [0, 0.05) is 11.3 Å². The minimum absolute atomic E-state index is 0.0493. The number of carbonyl (C=O) groups excluding carboxylic acids is 1. The second-order valence-electron chi connectivity index (χ2n) is 6.56. The van der Waals surface area contributed by atoms with E-state index in [1.807, 2.05) is 20.8 Å². The standard InChI is InChI=1S/C15H20N2O3/c1-15(2,3)20-14(19)17-7-10-9-5-4-6-12(9)16-13(18)11(10)8-17/h4-8H2,1-3H3,(H,16,18). The Labute approximate surface area is 117 Å². The summed E-state index contributed by atoms with van der Waals surface area (Å²) in [5.41, 5.74) is 3.51. The first-order chi connectivity index (χ1) is 9.35. The zero-order valence-electron chi connectivity index (χ0n) is 12.2. The molecule has 5 heteroatoms. The van der Waals surface area contributed by atoms with Crippen molar-refractivity contribution in [3.63, 3.8) is 0 Å². The third-order valence-corrected chi connectivity index (χ3v) is 3.83. The second-order valence-corrected chi connectivity index (χ2v) is 6.56. The van der Waals surface area contributed by atoms with E-state index in [4.69, 9.17) is 4.74 Å². The van der Waals surface area contributed by atoms with Gasteiger partial charge < -0.3 is 9.72 Å². The molecule has 1 N–H and O–H groups in total.